The Labute approximate surface area is 205 Å². The predicted octanol–water partition coefficient (Wildman–Crippen LogP) is 5.50. The molecule has 1 amide bonds. The second-order valence-corrected chi connectivity index (χ2v) is 8.61. The van der Waals surface area contributed by atoms with E-state index in [1.54, 1.807) is 33.2 Å². The van der Waals surface area contributed by atoms with Crippen molar-refractivity contribution >= 4 is 22.6 Å². The highest BCUT2D eigenvalue weighted by Crippen LogP contribution is 2.35. The van der Waals surface area contributed by atoms with E-state index in [1.807, 2.05) is 49.4 Å². The van der Waals surface area contributed by atoms with Crippen LogP contribution in [-0.4, -0.2) is 49.1 Å². The summed E-state index contributed by atoms with van der Waals surface area (Å²) in [6.45, 7) is 3.97. The summed E-state index contributed by atoms with van der Waals surface area (Å²) in [5.74, 6) is 2.65. The first-order valence-corrected chi connectivity index (χ1v) is 11.4. The summed E-state index contributed by atoms with van der Waals surface area (Å²) in [6.07, 6.45) is 0. The molecule has 0 aliphatic carbocycles. The molecule has 0 aliphatic heterocycles. The van der Waals surface area contributed by atoms with Gasteiger partial charge in [0.15, 0.2) is 11.5 Å². The summed E-state index contributed by atoms with van der Waals surface area (Å²) < 4.78 is 10.9. The van der Waals surface area contributed by atoms with Crippen molar-refractivity contribution in [1.29, 1.82) is 0 Å². The van der Waals surface area contributed by atoms with Crippen molar-refractivity contribution in [2.24, 2.45) is 0 Å². The Balaban J connectivity index is 1.63. The molecule has 180 valence electrons. The van der Waals surface area contributed by atoms with Crippen LogP contribution in [0.5, 0.6) is 11.5 Å². The van der Waals surface area contributed by atoms with E-state index in [-0.39, 0.29) is 11.9 Å². The van der Waals surface area contributed by atoms with E-state index in [0.717, 1.165) is 33.4 Å². The van der Waals surface area contributed by atoms with Crippen molar-refractivity contribution in [3.05, 3.63) is 77.6 Å². The Kier molecular flexibility index (Phi) is 6.87. The van der Waals surface area contributed by atoms with Gasteiger partial charge in [0.05, 0.1) is 19.7 Å². The zero-order chi connectivity index (χ0) is 25.1. The fourth-order valence-electron chi connectivity index (χ4n) is 4.02. The maximum Gasteiger partial charge on any atom is 0.253 e. The molecule has 1 atom stereocenters. The minimum atomic E-state index is -0.0184. The maximum absolute atomic E-state index is 12.2. The van der Waals surface area contributed by atoms with E-state index in [9.17, 15) is 4.79 Å². The Morgan fingerprint density at radius 3 is 2.26 bits per heavy atom. The van der Waals surface area contributed by atoms with E-state index < -0.39 is 0 Å². The number of anilines is 1. The number of ether oxygens (including phenoxy) is 2. The number of fused-ring (bicyclic) bond motifs is 1. The van der Waals surface area contributed by atoms with Crippen LogP contribution in [0.4, 0.5) is 5.82 Å². The molecular weight excluding hydrogens is 440 g/mol. The highest BCUT2D eigenvalue weighted by atomic mass is 16.5. The van der Waals surface area contributed by atoms with Crippen LogP contribution >= 0.6 is 0 Å². The number of carbonyl (C=O) groups is 1. The molecule has 0 spiro atoms. The van der Waals surface area contributed by atoms with Gasteiger partial charge in [-0.05, 0) is 54.8 Å². The number of aryl methyl sites for hydroxylation is 1. The molecule has 4 aromatic rings. The van der Waals surface area contributed by atoms with Gasteiger partial charge in [0.1, 0.15) is 11.6 Å². The summed E-state index contributed by atoms with van der Waals surface area (Å²) in [6, 6.07) is 19.8. The normalized spacial score (nSPS) is 11.7. The zero-order valence-corrected chi connectivity index (χ0v) is 20.9. The van der Waals surface area contributed by atoms with Gasteiger partial charge in [0, 0.05) is 37.2 Å². The van der Waals surface area contributed by atoms with Gasteiger partial charge in [-0.25, -0.2) is 9.97 Å². The molecule has 1 N–H and O–H groups in total. The number of methoxy groups -OCH3 is 2. The third-order valence-electron chi connectivity index (χ3n) is 5.92. The Morgan fingerprint density at radius 2 is 1.60 bits per heavy atom. The number of hydrogen-bond donors (Lipinski definition) is 1. The van der Waals surface area contributed by atoms with Gasteiger partial charge in [0.25, 0.3) is 5.91 Å². The van der Waals surface area contributed by atoms with Crippen molar-refractivity contribution in [2.75, 3.05) is 33.6 Å². The topological polar surface area (TPSA) is 76.6 Å². The lowest BCUT2D eigenvalue weighted by atomic mass is 9.99. The minimum Gasteiger partial charge on any atom is -0.493 e. The molecule has 0 saturated heterocycles. The van der Waals surface area contributed by atoms with Crippen LogP contribution < -0.4 is 14.8 Å². The second-order valence-electron chi connectivity index (χ2n) is 8.61. The highest BCUT2D eigenvalue weighted by Gasteiger charge is 2.15. The number of benzene rings is 3. The lowest BCUT2D eigenvalue weighted by Crippen LogP contribution is -2.21. The first-order chi connectivity index (χ1) is 16.8. The first kappa shape index (κ1) is 24.0. The summed E-state index contributed by atoms with van der Waals surface area (Å²) in [4.78, 5) is 23.0. The van der Waals surface area contributed by atoms with E-state index in [2.05, 4.69) is 40.4 Å². The molecule has 35 heavy (non-hydrogen) atoms. The number of hydrogen-bond acceptors (Lipinski definition) is 6. The van der Waals surface area contributed by atoms with Crippen LogP contribution in [0.3, 0.4) is 0 Å². The third kappa shape index (κ3) is 5.04. The van der Waals surface area contributed by atoms with E-state index >= 15 is 0 Å². The van der Waals surface area contributed by atoms with Crippen molar-refractivity contribution in [2.45, 2.75) is 19.9 Å². The van der Waals surface area contributed by atoms with E-state index in [0.29, 0.717) is 22.9 Å². The monoisotopic (exact) mass is 470 g/mol. The fraction of sp³-hybridized carbons (Fsp3) is 0.250. The number of amides is 1. The quantitative estimate of drug-likeness (QED) is 0.385. The fourth-order valence-corrected chi connectivity index (χ4v) is 4.02. The summed E-state index contributed by atoms with van der Waals surface area (Å²) in [5.41, 5.74) is 4.69. The van der Waals surface area contributed by atoms with Gasteiger partial charge in [-0.15, -0.1) is 0 Å². The minimum absolute atomic E-state index is 0.00950. The van der Waals surface area contributed by atoms with Crippen molar-refractivity contribution < 1.29 is 14.3 Å². The van der Waals surface area contributed by atoms with Crippen LogP contribution in [0.1, 0.15) is 34.7 Å². The number of nitrogens with zero attached hydrogens (tertiary/aromatic N) is 3. The van der Waals surface area contributed by atoms with Crippen LogP contribution in [0.2, 0.25) is 0 Å². The summed E-state index contributed by atoms with van der Waals surface area (Å²) >= 11 is 0. The van der Waals surface area contributed by atoms with Gasteiger partial charge < -0.3 is 19.7 Å². The van der Waals surface area contributed by atoms with Gasteiger partial charge >= 0.3 is 0 Å². The van der Waals surface area contributed by atoms with Gasteiger partial charge in [0.2, 0.25) is 0 Å². The highest BCUT2D eigenvalue weighted by molar-refractivity contribution is 5.94. The molecular formula is C28H30N4O3. The average Bonchev–Trinajstić information content (AvgIpc) is 2.87. The smallest absolute Gasteiger partial charge is 0.253 e. The van der Waals surface area contributed by atoms with Crippen LogP contribution in [0, 0.1) is 6.92 Å². The lowest BCUT2D eigenvalue weighted by molar-refractivity contribution is 0.0827. The number of nitrogens with one attached hydrogen (secondary N) is 1. The average molecular weight is 471 g/mol. The largest absolute Gasteiger partial charge is 0.493 e. The molecule has 7 nitrogen and oxygen atoms in total. The maximum atomic E-state index is 12.2. The number of rotatable bonds is 7. The molecule has 0 radical (unpaired) electrons. The van der Waals surface area contributed by atoms with E-state index in [4.69, 9.17) is 9.47 Å². The number of aromatic nitrogens is 2. The molecule has 0 fully saturated rings. The van der Waals surface area contributed by atoms with Gasteiger partial charge in [-0.3, -0.25) is 4.79 Å². The zero-order valence-electron chi connectivity index (χ0n) is 20.9. The molecule has 0 bridgehead atoms. The van der Waals surface area contributed by atoms with Crippen molar-refractivity contribution in [1.82, 2.24) is 14.9 Å². The van der Waals surface area contributed by atoms with Crippen LogP contribution in [0.15, 0.2) is 60.7 Å². The molecule has 4 rings (SSSR count). The van der Waals surface area contributed by atoms with Crippen LogP contribution in [-0.2, 0) is 0 Å². The molecule has 0 aliphatic rings. The van der Waals surface area contributed by atoms with Gasteiger partial charge in [-0.1, -0.05) is 30.3 Å². The molecule has 0 unspecified atom stereocenters. The Hall–Kier alpha value is -4.13. The van der Waals surface area contributed by atoms with Gasteiger partial charge in [-0.2, -0.15) is 0 Å². The molecule has 1 aromatic heterocycles. The lowest BCUT2D eigenvalue weighted by Gasteiger charge is -2.18. The molecule has 7 heteroatoms. The predicted molar refractivity (Wildman–Crippen MR) is 139 cm³/mol. The summed E-state index contributed by atoms with van der Waals surface area (Å²) in [5, 5.41) is 4.41. The summed E-state index contributed by atoms with van der Waals surface area (Å²) in [7, 11) is 6.73. The SMILES string of the molecule is COc1cc2nc(C)nc(N[C@H](C)c3cccc(-c4ccc(C(=O)N(C)C)cc4)c3)c2cc1OC. The van der Waals surface area contributed by atoms with Crippen LogP contribution in [0.25, 0.3) is 22.0 Å². The molecule has 1 heterocycles. The third-order valence-corrected chi connectivity index (χ3v) is 5.92. The standard InChI is InChI=1S/C28H30N4O3/c1-17(29-27-23-15-25(34-5)26(35-6)16-24(23)30-18(2)31-27)21-8-7-9-22(14-21)19-10-12-20(13-11-19)28(33)32(3)4/h7-17H,1-6H3,(H,29,30,31)/t17-/m1/s1. The first-order valence-electron chi connectivity index (χ1n) is 11.4. The van der Waals surface area contributed by atoms with Crippen molar-refractivity contribution in [3.63, 3.8) is 0 Å². The van der Waals surface area contributed by atoms with E-state index in [1.165, 1.54) is 0 Å². The second kappa shape index (κ2) is 10.0. The Bertz CT molecular complexity index is 1370. The molecule has 0 saturated carbocycles. The molecule has 3 aromatic carbocycles. The van der Waals surface area contributed by atoms with Crippen molar-refractivity contribution in [3.8, 4) is 22.6 Å². The number of carbonyl (C=O) groups excluding carboxylic acids is 1. The Morgan fingerprint density at radius 1 is 0.914 bits per heavy atom.